The van der Waals surface area contributed by atoms with E-state index in [1.54, 1.807) is 0 Å². The van der Waals surface area contributed by atoms with Crippen LogP contribution in [0.3, 0.4) is 0 Å². The largest absolute Gasteiger partial charge is 0.573 e. The van der Waals surface area contributed by atoms with Gasteiger partial charge < -0.3 is 10.1 Å². The molecule has 3 aromatic heterocycles. The average Bonchev–Trinajstić information content (AvgIpc) is 3.23. The van der Waals surface area contributed by atoms with Gasteiger partial charge in [-0.2, -0.15) is 0 Å². The molecule has 14 heteroatoms. The number of hydrogen-bond donors (Lipinski definition) is 1. The van der Waals surface area contributed by atoms with E-state index in [-0.39, 0.29) is 38.9 Å². The predicted molar refractivity (Wildman–Crippen MR) is 124 cm³/mol. The lowest BCUT2D eigenvalue weighted by Gasteiger charge is -2.10. The lowest BCUT2D eigenvalue weighted by Crippen LogP contribution is -2.37. The Balaban J connectivity index is 1.57. The lowest BCUT2D eigenvalue weighted by atomic mass is 10.1. The van der Waals surface area contributed by atoms with Crippen LogP contribution in [0.5, 0.6) is 5.75 Å². The summed E-state index contributed by atoms with van der Waals surface area (Å²) in [4.78, 5) is 45.8. The number of anilines is 1. The summed E-state index contributed by atoms with van der Waals surface area (Å²) in [5.41, 5.74) is -0.0414. The van der Waals surface area contributed by atoms with Crippen LogP contribution in [0.1, 0.15) is 5.69 Å². The van der Waals surface area contributed by atoms with Gasteiger partial charge in [0.25, 0.3) is 5.56 Å². The van der Waals surface area contributed by atoms with Crippen molar-refractivity contribution < 1.29 is 22.7 Å². The highest BCUT2D eigenvalue weighted by Crippen LogP contribution is 2.33. The topological polar surface area (TPSA) is 108 Å². The van der Waals surface area contributed by atoms with Crippen molar-refractivity contribution in [1.82, 2.24) is 19.1 Å². The molecular weight excluding hydrogens is 511 g/mol. The molecule has 0 aliphatic carbocycles. The average molecular weight is 526 g/mol. The van der Waals surface area contributed by atoms with E-state index in [2.05, 4.69) is 20.0 Å². The number of thiazole rings is 1. The Bertz CT molecular complexity index is 1580. The molecule has 0 bridgehead atoms. The van der Waals surface area contributed by atoms with Crippen LogP contribution >= 0.6 is 22.9 Å². The Morgan fingerprint density at radius 3 is 2.66 bits per heavy atom. The van der Waals surface area contributed by atoms with Crippen LogP contribution in [0.2, 0.25) is 5.02 Å². The number of benzene rings is 1. The lowest BCUT2D eigenvalue weighted by molar-refractivity contribution is -0.274. The van der Waals surface area contributed by atoms with E-state index in [1.165, 1.54) is 42.4 Å². The quantitative estimate of drug-likeness (QED) is 0.427. The molecule has 0 saturated heterocycles. The molecule has 4 aromatic rings. The Labute approximate surface area is 203 Å². The fourth-order valence-electron chi connectivity index (χ4n) is 3.41. The molecular formula is C21H15ClF3N5O4S. The Hall–Kier alpha value is -3.71. The van der Waals surface area contributed by atoms with Crippen molar-refractivity contribution in [3.8, 4) is 17.0 Å². The van der Waals surface area contributed by atoms with Crippen LogP contribution in [0.15, 0.2) is 45.4 Å². The molecule has 1 aromatic carbocycles. The number of rotatable bonds is 5. The van der Waals surface area contributed by atoms with Gasteiger partial charge in [0, 0.05) is 36.3 Å². The molecule has 4 rings (SSSR count). The number of carbonyl (C=O) groups excluding carboxylic acids is 1. The standard InChI is InChI=1S/C21H15ClF3N5O4S/c1-29-15-3-4-26-13(17(15)18(32)30(2)20(29)33)8-16(31)28-19-27-14(9-35-19)10-5-11(22)7-12(6-10)34-21(23,24)25/h3-7,9H,8H2,1-2H3,(H,27,28,31). The van der Waals surface area contributed by atoms with Gasteiger partial charge >= 0.3 is 12.1 Å². The maximum absolute atomic E-state index is 12.7. The van der Waals surface area contributed by atoms with Gasteiger partial charge in [-0.3, -0.25) is 23.7 Å². The third kappa shape index (κ3) is 5.20. The maximum atomic E-state index is 12.7. The van der Waals surface area contributed by atoms with Crippen molar-refractivity contribution in [3.05, 3.63) is 67.4 Å². The van der Waals surface area contributed by atoms with Gasteiger partial charge in [-0.15, -0.1) is 24.5 Å². The van der Waals surface area contributed by atoms with E-state index < -0.39 is 29.3 Å². The second kappa shape index (κ2) is 9.15. The molecule has 3 heterocycles. The van der Waals surface area contributed by atoms with Crippen LogP contribution in [-0.4, -0.2) is 31.4 Å². The van der Waals surface area contributed by atoms with Crippen molar-refractivity contribution in [2.24, 2.45) is 14.1 Å². The number of halogens is 4. The molecule has 1 N–H and O–H groups in total. The Morgan fingerprint density at radius 1 is 1.20 bits per heavy atom. The minimum absolute atomic E-state index is 0.0124. The molecule has 0 fully saturated rings. The minimum atomic E-state index is -4.88. The zero-order valence-electron chi connectivity index (χ0n) is 18.0. The van der Waals surface area contributed by atoms with Gasteiger partial charge in [0.05, 0.1) is 28.7 Å². The first kappa shape index (κ1) is 24.4. The normalized spacial score (nSPS) is 11.6. The third-order valence-corrected chi connectivity index (χ3v) is 5.92. The van der Waals surface area contributed by atoms with E-state index in [4.69, 9.17) is 11.6 Å². The smallest absolute Gasteiger partial charge is 0.406 e. The number of aromatic nitrogens is 4. The fraction of sp³-hybridized carbons (Fsp3) is 0.190. The molecule has 0 aliphatic heterocycles. The van der Waals surface area contributed by atoms with Gasteiger partial charge in [0.1, 0.15) is 5.75 Å². The SMILES string of the molecule is Cn1c(=O)c2c(CC(=O)Nc3nc(-c4cc(Cl)cc(OC(F)(F)F)c4)cs3)nccc2n(C)c1=O. The number of nitrogens with one attached hydrogen (secondary N) is 1. The van der Waals surface area contributed by atoms with E-state index >= 15 is 0 Å². The summed E-state index contributed by atoms with van der Waals surface area (Å²) in [5, 5.41) is 4.43. The van der Waals surface area contributed by atoms with Gasteiger partial charge in [-0.05, 0) is 24.3 Å². The molecule has 9 nitrogen and oxygen atoms in total. The monoisotopic (exact) mass is 525 g/mol. The molecule has 0 unspecified atom stereocenters. The minimum Gasteiger partial charge on any atom is -0.406 e. The molecule has 0 aliphatic rings. The summed E-state index contributed by atoms with van der Waals surface area (Å²) in [6.07, 6.45) is -3.77. The fourth-order valence-corrected chi connectivity index (χ4v) is 4.37. The Kier molecular flexibility index (Phi) is 6.38. The molecule has 0 atom stereocenters. The van der Waals surface area contributed by atoms with Crippen LogP contribution in [0.25, 0.3) is 22.2 Å². The zero-order chi connectivity index (χ0) is 25.5. The molecule has 1 amide bonds. The summed E-state index contributed by atoms with van der Waals surface area (Å²) in [7, 11) is 2.84. The second-order valence-electron chi connectivity index (χ2n) is 7.34. The summed E-state index contributed by atoms with van der Waals surface area (Å²) >= 11 is 6.95. The second-order valence-corrected chi connectivity index (χ2v) is 8.64. The zero-order valence-corrected chi connectivity index (χ0v) is 19.6. The summed E-state index contributed by atoms with van der Waals surface area (Å²) in [6.45, 7) is 0. The van der Waals surface area contributed by atoms with Gasteiger partial charge in [0.15, 0.2) is 5.13 Å². The van der Waals surface area contributed by atoms with E-state index in [1.807, 2.05) is 0 Å². The maximum Gasteiger partial charge on any atom is 0.573 e. The highest BCUT2D eigenvalue weighted by molar-refractivity contribution is 7.14. The number of fused-ring (bicyclic) bond motifs is 1. The van der Waals surface area contributed by atoms with Crippen LogP contribution in [0.4, 0.5) is 18.3 Å². The van der Waals surface area contributed by atoms with Crippen molar-refractivity contribution in [2.75, 3.05) is 5.32 Å². The van der Waals surface area contributed by atoms with Crippen molar-refractivity contribution in [2.45, 2.75) is 12.8 Å². The summed E-state index contributed by atoms with van der Waals surface area (Å²) in [6, 6.07) is 5.06. The number of pyridine rings is 1. The number of carbonyl (C=O) groups is 1. The van der Waals surface area contributed by atoms with E-state index in [0.717, 1.165) is 28.0 Å². The molecule has 0 spiro atoms. The Morgan fingerprint density at radius 2 is 1.94 bits per heavy atom. The van der Waals surface area contributed by atoms with E-state index in [9.17, 15) is 27.6 Å². The molecule has 0 saturated carbocycles. The predicted octanol–water partition coefficient (Wildman–Crippen LogP) is 3.49. The highest BCUT2D eigenvalue weighted by Gasteiger charge is 2.31. The van der Waals surface area contributed by atoms with Crippen LogP contribution in [0, 0.1) is 0 Å². The number of alkyl halides is 3. The van der Waals surface area contributed by atoms with E-state index in [0.29, 0.717) is 5.52 Å². The highest BCUT2D eigenvalue weighted by atomic mass is 35.5. The van der Waals surface area contributed by atoms with Crippen molar-refractivity contribution in [1.29, 1.82) is 0 Å². The number of amides is 1. The van der Waals surface area contributed by atoms with Crippen LogP contribution < -0.4 is 21.3 Å². The number of aryl methyl sites for hydroxylation is 1. The molecule has 0 radical (unpaired) electrons. The van der Waals surface area contributed by atoms with Crippen molar-refractivity contribution in [3.63, 3.8) is 0 Å². The first-order chi connectivity index (χ1) is 16.4. The molecule has 35 heavy (non-hydrogen) atoms. The summed E-state index contributed by atoms with van der Waals surface area (Å²) in [5.74, 6) is -1.04. The first-order valence-electron chi connectivity index (χ1n) is 9.78. The third-order valence-electron chi connectivity index (χ3n) is 4.94. The summed E-state index contributed by atoms with van der Waals surface area (Å²) < 4.78 is 43.8. The number of ether oxygens (including phenoxy) is 1. The number of nitrogens with zero attached hydrogens (tertiary/aromatic N) is 4. The number of hydrogen-bond acceptors (Lipinski definition) is 7. The first-order valence-corrected chi connectivity index (χ1v) is 11.0. The molecule has 182 valence electrons. The van der Waals surface area contributed by atoms with Gasteiger partial charge in [-0.1, -0.05) is 11.6 Å². The van der Waals surface area contributed by atoms with Gasteiger partial charge in [-0.25, -0.2) is 9.78 Å². The van der Waals surface area contributed by atoms with Gasteiger partial charge in [0.2, 0.25) is 5.91 Å². The van der Waals surface area contributed by atoms with Crippen molar-refractivity contribution >= 4 is 44.9 Å². The van der Waals surface area contributed by atoms with Crippen LogP contribution in [-0.2, 0) is 25.3 Å².